The molecule has 0 saturated carbocycles. The Hall–Kier alpha value is -2.12. The van der Waals surface area contributed by atoms with Crippen LogP contribution in [0.4, 0.5) is 4.39 Å². The molecule has 0 atom stereocenters. The van der Waals surface area contributed by atoms with Crippen LogP contribution in [-0.4, -0.2) is 33.0 Å². The molecule has 2 rings (SSSR count). The van der Waals surface area contributed by atoms with E-state index < -0.39 is 15.8 Å². The summed E-state index contributed by atoms with van der Waals surface area (Å²) in [5, 5.41) is 0. The molecule has 136 valence electrons. The normalized spacial score (nSPS) is 11.6. The Morgan fingerprint density at radius 1 is 1.04 bits per heavy atom. The van der Waals surface area contributed by atoms with Gasteiger partial charge in [0.1, 0.15) is 5.82 Å². The lowest BCUT2D eigenvalue weighted by atomic mass is 10.2. The monoisotopic (exact) mass is 367 g/mol. The molecule has 2 aromatic rings. The first-order valence-corrected chi connectivity index (χ1v) is 9.41. The average molecular weight is 367 g/mol. The van der Waals surface area contributed by atoms with Crippen molar-refractivity contribution in [3.05, 3.63) is 53.8 Å². The van der Waals surface area contributed by atoms with Gasteiger partial charge in [0.05, 0.1) is 18.6 Å². The Kier molecular flexibility index (Phi) is 6.39. The summed E-state index contributed by atoms with van der Waals surface area (Å²) in [5.74, 6) is 0.686. The first-order valence-electron chi connectivity index (χ1n) is 7.97. The number of halogens is 1. The van der Waals surface area contributed by atoms with Gasteiger partial charge >= 0.3 is 0 Å². The van der Waals surface area contributed by atoms with Crippen LogP contribution in [0.5, 0.6) is 11.5 Å². The van der Waals surface area contributed by atoms with Gasteiger partial charge in [-0.3, -0.25) is 0 Å². The van der Waals surface area contributed by atoms with Crippen molar-refractivity contribution in [2.45, 2.75) is 25.3 Å². The van der Waals surface area contributed by atoms with Gasteiger partial charge in [0.25, 0.3) is 0 Å². The number of benzene rings is 2. The van der Waals surface area contributed by atoms with Gasteiger partial charge in [0.2, 0.25) is 10.0 Å². The predicted octanol–water partition coefficient (Wildman–Crippen LogP) is 3.44. The lowest BCUT2D eigenvalue weighted by Gasteiger charge is -2.21. The van der Waals surface area contributed by atoms with Crippen molar-refractivity contribution < 1.29 is 22.3 Å². The quantitative estimate of drug-likeness (QED) is 0.717. The van der Waals surface area contributed by atoms with Crippen LogP contribution < -0.4 is 9.47 Å². The highest BCUT2D eigenvalue weighted by Crippen LogP contribution is 2.29. The molecular weight excluding hydrogens is 345 g/mol. The number of nitrogens with zero attached hydrogens (tertiary/aromatic N) is 1. The van der Waals surface area contributed by atoms with Gasteiger partial charge in [-0.05, 0) is 48.9 Å². The number of hydrogen-bond donors (Lipinski definition) is 0. The Balaban J connectivity index is 2.28. The molecule has 0 bridgehead atoms. The third kappa shape index (κ3) is 4.49. The summed E-state index contributed by atoms with van der Waals surface area (Å²) in [6, 6.07) is 10.1. The van der Waals surface area contributed by atoms with Gasteiger partial charge in [-0.15, -0.1) is 0 Å². The van der Waals surface area contributed by atoms with Gasteiger partial charge in [0.15, 0.2) is 11.5 Å². The molecule has 0 heterocycles. The van der Waals surface area contributed by atoms with E-state index >= 15 is 0 Å². The lowest BCUT2D eigenvalue weighted by molar-refractivity contribution is 0.310. The minimum Gasteiger partial charge on any atom is -0.493 e. The Morgan fingerprint density at radius 3 is 2.28 bits per heavy atom. The molecule has 0 aliphatic carbocycles. The minimum absolute atomic E-state index is 0.0636. The van der Waals surface area contributed by atoms with E-state index in [1.54, 1.807) is 25.1 Å². The van der Waals surface area contributed by atoms with Crippen molar-refractivity contribution in [3.63, 3.8) is 0 Å². The zero-order valence-corrected chi connectivity index (χ0v) is 15.3. The summed E-state index contributed by atoms with van der Waals surface area (Å²) in [7, 11) is -2.18. The second-order valence-electron chi connectivity index (χ2n) is 5.30. The highest BCUT2D eigenvalue weighted by atomic mass is 32.2. The summed E-state index contributed by atoms with van der Waals surface area (Å²) in [6.07, 6.45) is 0. The summed E-state index contributed by atoms with van der Waals surface area (Å²) in [5.41, 5.74) is 0.771. The summed E-state index contributed by atoms with van der Waals surface area (Å²) in [4.78, 5) is 0.0636. The van der Waals surface area contributed by atoms with Crippen LogP contribution in [0.2, 0.25) is 0 Å². The van der Waals surface area contributed by atoms with Crippen molar-refractivity contribution in [1.29, 1.82) is 0 Å². The van der Waals surface area contributed by atoms with E-state index in [0.29, 0.717) is 18.1 Å². The molecule has 0 radical (unpaired) electrons. The fourth-order valence-corrected chi connectivity index (χ4v) is 3.85. The van der Waals surface area contributed by atoms with E-state index in [1.807, 2.05) is 6.92 Å². The van der Waals surface area contributed by atoms with Gasteiger partial charge < -0.3 is 9.47 Å². The standard InChI is InChI=1S/C18H22FNO4S/c1-4-20(25(21,22)16-9-7-15(19)8-10-16)13-14-6-11-17(24-5-2)18(12-14)23-3/h6-12H,4-5,13H2,1-3H3. The lowest BCUT2D eigenvalue weighted by Crippen LogP contribution is -2.30. The summed E-state index contributed by atoms with van der Waals surface area (Å²) < 4.78 is 50.7. The second kappa shape index (κ2) is 8.31. The van der Waals surface area contributed by atoms with Crippen LogP contribution in [0.25, 0.3) is 0 Å². The topological polar surface area (TPSA) is 55.8 Å². The van der Waals surface area contributed by atoms with Crippen LogP contribution in [0.3, 0.4) is 0 Å². The number of rotatable bonds is 8. The van der Waals surface area contributed by atoms with Crippen LogP contribution in [0, 0.1) is 5.82 Å². The van der Waals surface area contributed by atoms with Crippen molar-refractivity contribution >= 4 is 10.0 Å². The molecule has 25 heavy (non-hydrogen) atoms. The van der Waals surface area contributed by atoms with Gasteiger partial charge in [-0.1, -0.05) is 13.0 Å². The Morgan fingerprint density at radius 2 is 1.72 bits per heavy atom. The van der Waals surface area contributed by atoms with E-state index in [-0.39, 0.29) is 18.0 Å². The molecule has 0 N–H and O–H groups in total. The molecule has 0 fully saturated rings. The van der Waals surface area contributed by atoms with Crippen molar-refractivity contribution in [1.82, 2.24) is 4.31 Å². The fraction of sp³-hybridized carbons (Fsp3) is 0.333. The smallest absolute Gasteiger partial charge is 0.243 e. The fourth-order valence-electron chi connectivity index (χ4n) is 2.41. The zero-order valence-electron chi connectivity index (χ0n) is 14.5. The number of methoxy groups -OCH3 is 1. The minimum atomic E-state index is -3.71. The molecule has 0 amide bonds. The van der Waals surface area contributed by atoms with Crippen molar-refractivity contribution in [3.8, 4) is 11.5 Å². The van der Waals surface area contributed by atoms with Crippen LogP contribution in [0.15, 0.2) is 47.4 Å². The largest absolute Gasteiger partial charge is 0.493 e. The highest BCUT2D eigenvalue weighted by molar-refractivity contribution is 7.89. The maximum Gasteiger partial charge on any atom is 0.243 e. The molecule has 2 aromatic carbocycles. The van der Waals surface area contributed by atoms with Gasteiger partial charge in [-0.25, -0.2) is 12.8 Å². The zero-order chi connectivity index (χ0) is 18.4. The highest BCUT2D eigenvalue weighted by Gasteiger charge is 2.23. The molecule has 5 nitrogen and oxygen atoms in total. The Bertz CT molecular complexity index is 806. The molecule has 7 heteroatoms. The van der Waals surface area contributed by atoms with Crippen LogP contribution >= 0.6 is 0 Å². The molecule has 0 spiro atoms. The van der Waals surface area contributed by atoms with Crippen LogP contribution in [0.1, 0.15) is 19.4 Å². The first-order chi connectivity index (χ1) is 11.9. The third-order valence-electron chi connectivity index (χ3n) is 3.69. The van der Waals surface area contributed by atoms with E-state index in [4.69, 9.17) is 9.47 Å². The van der Waals surface area contributed by atoms with Gasteiger partial charge in [0, 0.05) is 13.1 Å². The average Bonchev–Trinajstić information content (AvgIpc) is 2.61. The predicted molar refractivity (Wildman–Crippen MR) is 93.8 cm³/mol. The first kappa shape index (κ1) is 19.2. The van der Waals surface area contributed by atoms with E-state index in [0.717, 1.165) is 17.7 Å². The molecule has 0 aromatic heterocycles. The number of sulfonamides is 1. The number of ether oxygens (including phenoxy) is 2. The SMILES string of the molecule is CCOc1ccc(CN(CC)S(=O)(=O)c2ccc(F)cc2)cc1OC. The summed E-state index contributed by atoms with van der Waals surface area (Å²) in [6.45, 7) is 4.61. The van der Waals surface area contributed by atoms with Crippen molar-refractivity contribution in [2.24, 2.45) is 0 Å². The maximum atomic E-state index is 13.1. The van der Waals surface area contributed by atoms with Gasteiger partial charge in [-0.2, -0.15) is 4.31 Å². The maximum absolute atomic E-state index is 13.1. The molecule has 0 unspecified atom stereocenters. The molecule has 0 aliphatic heterocycles. The number of hydrogen-bond acceptors (Lipinski definition) is 4. The van der Waals surface area contributed by atoms with E-state index in [1.165, 1.54) is 23.5 Å². The van der Waals surface area contributed by atoms with Crippen LogP contribution in [-0.2, 0) is 16.6 Å². The molecular formula is C18H22FNO4S. The Labute approximate surface area is 148 Å². The molecule has 0 aliphatic rings. The van der Waals surface area contributed by atoms with E-state index in [9.17, 15) is 12.8 Å². The summed E-state index contributed by atoms with van der Waals surface area (Å²) >= 11 is 0. The third-order valence-corrected chi connectivity index (χ3v) is 5.63. The second-order valence-corrected chi connectivity index (χ2v) is 7.24. The molecule has 0 saturated heterocycles. The van der Waals surface area contributed by atoms with Crippen molar-refractivity contribution in [2.75, 3.05) is 20.3 Å². The van der Waals surface area contributed by atoms with E-state index in [2.05, 4.69) is 0 Å².